The molecule has 0 radical (unpaired) electrons. The summed E-state index contributed by atoms with van der Waals surface area (Å²) in [5.74, 6) is -2.47. The molecule has 23 heavy (non-hydrogen) atoms. The van der Waals surface area contributed by atoms with Crippen molar-refractivity contribution in [2.75, 3.05) is 6.61 Å². The Labute approximate surface area is 134 Å². The van der Waals surface area contributed by atoms with E-state index in [2.05, 4.69) is 0 Å². The molecule has 1 heterocycles. The molecule has 1 saturated heterocycles. The third-order valence-corrected chi connectivity index (χ3v) is 3.83. The quantitative estimate of drug-likeness (QED) is 0.608. The summed E-state index contributed by atoms with van der Waals surface area (Å²) < 4.78 is 4.92. The number of benzene rings is 1. The number of hydrogen-bond donors (Lipinski definition) is 0. The first-order valence-electron chi connectivity index (χ1n) is 7.54. The molecule has 1 fully saturated rings. The number of hydrogen-bond acceptors (Lipinski definition) is 5. The van der Waals surface area contributed by atoms with Crippen LogP contribution in [0.2, 0.25) is 0 Å². The standard InChI is InChI=1S/C17H19NO5/c1-3-23-17(22)14-9-13(16(21)18(14)11(2)19)10-15(20)12-7-5-4-6-8-12/h4-8,13-14H,3,9-10H2,1-2H3. The summed E-state index contributed by atoms with van der Waals surface area (Å²) in [4.78, 5) is 49.2. The van der Waals surface area contributed by atoms with E-state index in [0.717, 1.165) is 4.90 Å². The number of likely N-dealkylation sites (tertiary alicyclic amines) is 1. The summed E-state index contributed by atoms with van der Waals surface area (Å²) in [7, 11) is 0. The zero-order valence-corrected chi connectivity index (χ0v) is 13.2. The zero-order chi connectivity index (χ0) is 17.0. The number of Topliss-reactive ketones (excluding diaryl/α,β-unsaturated/α-hetero) is 1. The van der Waals surface area contributed by atoms with Crippen molar-refractivity contribution in [2.45, 2.75) is 32.7 Å². The van der Waals surface area contributed by atoms with Crippen molar-refractivity contribution in [1.29, 1.82) is 0 Å². The number of rotatable bonds is 5. The van der Waals surface area contributed by atoms with Gasteiger partial charge in [0.05, 0.1) is 6.61 Å². The number of nitrogens with zero attached hydrogens (tertiary/aromatic N) is 1. The van der Waals surface area contributed by atoms with Crippen LogP contribution in [-0.2, 0) is 19.1 Å². The first kappa shape index (κ1) is 16.9. The van der Waals surface area contributed by atoms with Crippen molar-refractivity contribution >= 4 is 23.6 Å². The fourth-order valence-electron chi connectivity index (χ4n) is 2.78. The van der Waals surface area contributed by atoms with Crippen molar-refractivity contribution in [2.24, 2.45) is 5.92 Å². The van der Waals surface area contributed by atoms with Gasteiger partial charge in [-0.3, -0.25) is 19.3 Å². The minimum Gasteiger partial charge on any atom is -0.464 e. The maximum Gasteiger partial charge on any atom is 0.329 e. The number of ketones is 1. The fourth-order valence-corrected chi connectivity index (χ4v) is 2.78. The topological polar surface area (TPSA) is 80.8 Å². The van der Waals surface area contributed by atoms with Crippen LogP contribution in [0, 0.1) is 5.92 Å². The number of imide groups is 1. The Hall–Kier alpha value is -2.50. The minimum absolute atomic E-state index is 0.0253. The molecular formula is C17H19NO5. The molecule has 0 N–H and O–H groups in total. The van der Waals surface area contributed by atoms with Crippen LogP contribution < -0.4 is 0 Å². The van der Waals surface area contributed by atoms with E-state index in [4.69, 9.17) is 4.74 Å². The first-order chi connectivity index (χ1) is 11.0. The van der Waals surface area contributed by atoms with E-state index < -0.39 is 29.7 Å². The maximum absolute atomic E-state index is 12.4. The number of carbonyl (C=O) groups excluding carboxylic acids is 4. The monoisotopic (exact) mass is 317 g/mol. The number of esters is 1. The number of ether oxygens (including phenoxy) is 1. The van der Waals surface area contributed by atoms with Gasteiger partial charge in [0.1, 0.15) is 6.04 Å². The average molecular weight is 317 g/mol. The summed E-state index contributed by atoms with van der Waals surface area (Å²) in [6.45, 7) is 3.05. The van der Waals surface area contributed by atoms with E-state index in [0.29, 0.717) is 5.56 Å². The van der Waals surface area contributed by atoms with Crippen LogP contribution in [-0.4, -0.2) is 41.1 Å². The Morgan fingerprint density at radius 3 is 2.43 bits per heavy atom. The van der Waals surface area contributed by atoms with Crippen LogP contribution in [0.15, 0.2) is 30.3 Å². The van der Waals surface area contributed by atoms with Crippen LogP contribution >= 0.6 is 0 Å². The van der Waals surface area contributed by atoms with Crippen LogP contribution in [0.1, 0.15) is 37.0 Å². The average Bonchev–Trinajstić information content (AvgIpc) is 2.85. The van der Waals surface area contributed by atoms with E-state index in [1.165, 1.54) is 6.92 Å². The molecule has 2 unspecified atom stereocenters. The van der Waals surface area contributed by atoms with Gasteiger partial charge in [0.25, 0.3) is 0 Å². The molecule has 2 amide bonds. The van der Waals surface area contributed by atoms with E-state index in [1.54, 1.807) is 37.3 Å². The van der Waals surface area contributed by atoms with Crippen molar-refractivity contribution in [3.8, 4) is 0 Å². The lowest BCUT2D eigenvalue weighted by Gasteiger charge is -2.19. The highest BCUT2D eigenvalue weighted by atomic mass is 16.5. The summed E-state index contributed by atoms with van der Waals surface area (Å²) in [6.07, 6.45) is 0.0956. The van der Waals surface area contributed by atoms with Gasteiger partial charge in [-0.1, -0.05) is 30.3 Å². The molecule has 0 aromatic heterocycles. The van der Waals surface area contributed by atoms with Crippen molar-refractivity contribution < 1.29 is 23.9 Å². The largest absolute Gasteiger partial charge is 0.464 e. The molecule has 1 aromatic carbocycles. The Morgan fingerprint density at radius 2 is 1.87 bits per heavy atom. The smallest absolute Gasteiger partial charge is 0.329 e. The lowest BCUT2D eigenvalue weighted by Crippen LogP contribution is -2.42. The molecule has 6 nitrogen and oxygen atoms in total. The molecule has 6 heteroatoms. The van der Waals surface area contributed by atoms with Gasteiger partial charge in [-0.05, 0) is 13.3 Å². The highest BCUT2D eigenvalue weighted by Crippen LogP contribution is 2.29. The predicted octanol–water partition coefficient (Wildman–Crippen LogP) is 1.59. The van der Waals surface area contributed by atoms with Gasteiger partial charge in [-0.2, -0.15) is 0 Å². The second kappa shape index (κ2) is 7.17. The number of amides is 2. The lowest BCUT2D eigenvalue weighted by molar-refractivity contribution is -0.156. The van der Waals surface area contributed by atoms with Gasteiger partial charge in [-0.25, -0.2) is 4.79 Å². The molecule has 2 atom stereocenters. The molecular weight excluding hydrogens is 298 g/mol. The first-order valence-corrected chi connectivity index (χ1v) is 7.54. The maximum atomic E-state index is 12.4. The molecule has 2 rings (SSSR count). The normalized spacial score (nSPS) is 20.4. The van der Waals surface area contributed by atoms with Gasteiger partial charge >= 0.3 is 5.97 Å². The van der Waals surface area contributed by atoms with Gasteiger partial charge in [0, 0.05) is 24.8 Å². The fraction of sp³-hybridized carbons (Fsp3) is 0.412. The minimum atomic E-state index is -0.937. The summed E-state index contributed by atoms with van der Waals surface area (Å²) in [6, 6.07) is 7.69. The van der Waals surface area contributed by atoms with Crippen molar-refractivity contribution in [1.82, 2.24) is 4.90 Å². The molecule has 1 aliphatic heterocycles. The Bertz CT molecular complexity index is 625. The SMILES string of the molecule is CCOC(=O)C1CC(CC(=O)c2ccccc2)C(=O)N1C(C)=O. The van der Waals surface area contributed by atoms with E-state index in [9.17, 15) is 19.2 Å². The summed E-state index contributed by atoms with van der Waals surface area (Å²) >= 11 is 0. The Kier molecular flexibility index (Phi) is 5.26. The van der Waals surface area contributed by atoms with E-state index in [-0.39, 0.29) is 25.2 Å². The zero-order valence-electron chi connectivity index (χ0n) is 13.2. The van der Waals surface area contributed by atoms with Crippen LogP contribution in [0.4, 0.5) is 0 Å². The third kappa shape index (κ3) is 3.64. The van der Waals surface area contributed by atoms with Crippen LogP contribution in [0.25, 0.3) is 0 Å². The van der Waals surface area contributed by atoms with Gasteiger partial charge in [0.15, 0.2) is 5.78 Å². The molecule has 0 aliphatic carbocycles. The Balaban J connectivity index is 2.14. The van der Waals surface area contributed by atoms with Crippen LogP contribution in [0.5, 0.6) is 0 Å². The molecule has 1 aromatic rings. The number of carbonyl (C=O) groups is 4. The summed E-state index contributed by atoms with van der Waals surface area (Å²) in [5.41, 5.74) is 0.509. The second-order valence-electron chi connectivity index (χ2n) is 5.42. The van der Waals surface area contributed by atoms with Crippen LogP contribution in [0.3, 0.4) is 0 Å². The van der Waals surface area contributed by atoms with Crippen molar-refractivity contribution in [3.63, 3.8) is 0 Å². The molecule has 1 aliphatic rings. The lowest BCUT2D eigenvalue weighted by atomic mass is 9.95. The Morgan fingerprint density at radius 1 is 1.22 bits per heavy atom. The molecule has 0 saturated carbocycles. The highest BCUT2D eigenvalue weighted by Gasteiger charge is 2.46. The van der Waals surface area contributed by atoms with Crippen molar-refractivity contribution in [3.05, 3.63) is 35.9 Å². The van der Waals surface area contributed by atoms with E-state index >= 15 is 0 Å². The van der Waals surface area contributed by atoms with Gasteiger partial charge < -0.3 is 4.74 Å². The highest BCUT2D eigenvalue weighted by molar-refractivity contribution is 6.05. The molecule has 0 spiro atoms. The summed E-state index contributed by atoms with van der Waals surface area (Å²) in [5, 5.41) is 0. The van der Waals surface area contributed by atoms with E-state index in [1.807, 2.05) is 0 Å². The van der Waals surface area contributed by atoms with Gasteiger partial charge in [0.2, 0.25) is 11.8 Å². The predicted molar refractivity (Wildman–Crippen MR) is 81.4 cm³/mol. The third-order valence-electron chi connectivity index (χ3n) is 3.83. The molecule has 0 bridgehead atoms. The second-order valence-corrected chi connectivity index (χ2v) is 5.42. The molecule has 122 valence electrons. The van der Waals surface area contributed by atoms with Gasteiger partial charge in [-0.15, -0.1) is 0 Å².